The van der Waals surface area contributed by atoms with Crippen LogP contribution in [-0.2, 0) is 6.54 Å². The summed E-state index contributed by atoms with van der Waals surface area (Å²) in [5, 5.41) is 11.8. The van der Waals surface area contributed by atoms with Gasteiger partial charge in [0.1, 0.15) is 0 Å². The zero-order valence-electron chi connectivity index (χ0n) is 17.4. The van der Waals surface area contributed by atoms with Crippen LogP contribution in [0.3, 0.4) is 0 Å². The number of hydrogen-bond acceptors (Lipinski definition) is 4. The van der Waals surface area contributed by atoms with Crippen LogP contribution >= 0.6 is 12.2 Å². The van der Waals surface area contributed by atoms with E-state index in [1.807, 2.05) is 67.9 Å². The molecule has 0 amide bonds. The SMILES string of the molecule is COc1ccc(Cn2nc(C)c(NC(=S)Nc3ccccc3C)c2C)cc1OC. The van der Waals surface area contributed by atoms with Crippen molar-refractivity contribution in [1.82, 2.24) is 9.78 Å². The molecule has 29 heavy (non-hydrogen) atoms. The lowest BCUT2D eigenvalue weighted by molar-refractivity contribution is 0.354. The lowest BCUT2D eigenvalue weighted by Gasteiger charge is -2.13. The summed E-state index contributed by atoms with van der Waals surface area (Å²) >= 11 is 5.51. The van der Waals surface area contributed by atoms with Crippen molar-refractivity contribution in [3.8, 4) is 11.5 Å². The number of anilines is 2. The van der Waals surface area contributed by atoms with Gasteiger partial charge < -0.3 is 20.1 Å². The molecule has 1 aromatic heterocycles. The Balaban J connectivity index is 1.76. The zero-order valence-corrected chi connectivity index (χ0v) is 18.2. The van der Waals surface area contributed by atoms with E-state index in [0.29, 0.717) is 23.2 Å². The normalized spacial score (nSPS) is 10.5. The van der Waals surface area contributed by atoms with Crippen LogP contribution in [0.5, 0.6) is 11.5 Å². The fourth-order valence-corrected chi connectivity index (χ4v) is 3.38. The molecule has 0 atom stereocenters. The largest absolute Gasteiger partial charge is 0.493 e. The molecule has 7 heteroatoms. The smallest absolute Gasteiger partial charge is 0.175 e. The van der Waals surface area contributed by atoms with E-state index in [2.05, 4.69) is 15.7 Å². The third-order valence-electron chi connectivity index (χ3n) is 4.79. The molecular formula is C22H26N4O2S. The number of nitrogens with one attached hydrogen (secondary N) is 2. The van der Waals surface area contributed by atoms with Gasteiger partial charge in [0, 0.05) is 5.69 Å². The number of methoxy groups -OCH3 is 2. The maximum atomic E-state index is 5.51. The van der Waals surface area contributed by atoms with Crippen molar-refractivity contribution >= 4 is 28.7 Å². The number of benzene rings is 2. The number of nitrogens with zero attached hydrogens (tertiary/aromatic N) is 2. The third-order valence-corrected chi connectivity index (χ3v) is 5.00. The molecular weight excluding hydrogens is 384 g/mol. The number of rotatable bonds is 6. The summed E-state index contributed by atoms with van der Waals surface area (Å²) in [7, 11) is 3.26. The summed E-state index contributed by atoms with van der Waals surface area (Å²) in [4.78, 5) is 0. The van der Waals surface area contributed by atoms with Gasteiger partial charge in [-0.2, -0.15) is 5.10 Å². The molecule has 0 aliphatic heterocycles. The van der Waals surface area contributed by atoms with E-state index in [1.54, 1.807) is 14.2 Å². The van der Waals surface area contributed by atoms with E-state index in [1.165, 1.54) is 0 Å². The molecule has 0 saturated carbocycles. The Morgan fingerprint density at radius 2 is 1.72 bits per heavy atom. The van der Waals surface area contributed by atoms with Gasteiger partial charge in [-0.15, -0.1) is 0 Å². The number of hydrogen-bond donors (Lipinski definition) is 2. The second-order valence-corrected chi connectivity index (χ2v) is 7.20. The van der Waals surface area contributed by atoms with E-state index in [-0.39, 0.29) is 0 Å². The van der Waals surface area contributed by atoms with Gasteiger partial charge in [0.2, 0.25) is 0 Å². The van der Waals surface area contributed by atoms with Crippen molar-refractivity contribution in [2.75, 3.05) is 24.9 Å². The Morgan fingerprint density at radius 3 is 2.41 bits per heavy atom. The molecule has 0 aliphatic carbocycles. The molecule has 0 aliphatic rings. The minimum absolute atomic E-state index is 0.538. The van der Waals surface area contributed by atoms with Crippen LogP contribution in [0.2, 0.25) is 0 Å². The Bertz CT molecular complexity index is 1030. The first-order chi connectivity index (χ1) is 13.9. The topological polar surface area (TPSA) is 60.3 Å². The van der Waals surface area contributed by atoms with E-state index < -0.39 is 0 Å². The minimum atomic E-state index is 0.538. The summed E-state index contributed by atoms with van der Waals surface area (Å²) in [6.45, 7) is 6.66. The van der Waals surface area contributed by atoms with Crippen molar-refractivity contribution in [1.29, 1.82) is 0 Å². The summed E-state index contributed by atoms with van der Waals surface area (Å²) in [5.41, 5.74) is 5.99. The van der Waals surface area contributed by atoms with Gasteiger partial charge in [0.05, 0.1) is 37.8 Å². The number of thiocarbonyl (C=S) groups is 1. The first-order valence-electron chi connectivity index (χ1n) is 9.31. The van der Waals surface area contributed by atoms with Crippen LogP contribution in [0, 0.1) is 20.8 Å². The lowest BCUT2D eigenvalue weighted by atomic mass is 10.2. The van der Waals surface area contributed by atoms with Crippen molar-refractivity contribution in [2.45, 2.75) is 27.3 Å². The Kier molecular flexibility index (Phi) is 6.39. The zero-order chi connectivity index (χ0) is 21.0. The van der Waals surface area contributed by atoms with Gasteiger partial charge in [0.15, 0.2) is 16.6 Å². The lowest BCUT2D eigenvalue weighted by Crippen LogP contribution is -2.20. The molecule has 0 saturated heterocycles. The van der Waals surface area contributed by atoms with Crippen LogP contribution in [0.15, 0.2) is 42.5 Å². The molecule has 0 radical (unpaired) electrons. The highest BCUT2D eigenvalue weighted by molar-refractivity contribution is 7.80. The molecule has 6 nitrogen and oxygen atoms in total. The number of ether oxygens (including phenoxy) is 2. The molecule has 0 fully saturated rings. The average molecular weight is 411 g/mol. The molecule has 2 N–H and O–H groups in total. The summed E-state index contributed by atoms with van der Waals surface area (Å²) in [5.74, 6) is 1.41. The predicted octanol–water partition coefficient (Wildman–Crippen LogP) is 4.68. The van der Waals surface area contributed by atoms with Crippen molar-refractivity contribution in [3.05, 3.63) is 65.0 Å². The molecule has 2 aromatic carbocycles. The van der Waals surface area contributed by atoms with Crippen LogP contribution in [0.1, 0.15) is 22.5 Å². The van der Waals surface area contributed by atoms with Gasteiger partial charge in [-0.3, -0.25) is 4.68 Å². The third kappa shape index (κ3) is 4.68. The highest BCUT2D eigenvalue weighted by Gasteiger charge is 2.14. The van der Waals surface area contributed by atoms with E-state index >= 15 is 0 Å². The molecule has 0 spiro atoms. The van der Waals surface area contributed by atoms with Gasteiger partial charge >= 0.3 is 0 Å². The average Bonchev–Trinajstić information content (AvgIpc) is 2.97. The van der Waals surface area contributed by atoms with E-state index in [4.69, 9.17) is 21.7 Å². The Hall–Kier alpha value is -3.06. The minimum Gasteiger partial charge on any atom is -0.493 e. The van der Waals surface area contributed by atoms with Crippen molar-refractivity contribution in [3.63, 3.8) is 0 Å². The van der Waals surface area contributed by atoms with Gasteiger partial charge in [-0.05, 0) is 62.3 Å². The first kappa shape index (κ1) is 20.7. The van der Waals surface area contributed by atoms with Gasteiger partial charge in [0.25, 0.3) is 0 Å². The first-order valence-corrected chi connectivity index (χ1v) is 9.72. The number of para-hydroxylation sites is 1. The summed E-state index contributed by atoms with van der Waals surface area (Å²) in [6.07, 6.45) is 0. The quantitative estimate of drug-likeness (QED) is 0.575. The fraction of sp³-hybridized carbons (Fsp3) is 0.273. The second-order valence-electron chi connectivity index (χ2n) is 6.79. The predicted molar refractivity (Wildman–Crippen MR) is 121 cm³/mol. The molecule has 1 heterocycles. The molecule has 0 unspecified atom stereocenters. The Morgan fingerprint density at radius 1 is 1.00 bits per heavy atom. The standard InChI is InChI=1S/C22H26N4O2S/c1-14-8-6-7-9-18(14)23-22(29)24-21-15(2)25-26(16(21)3)13-17-10-11-19(27-4)20(12-17)28-5/h6-12H,13H2,1-5H3,(H2,23,24,29). The van der Waals surface area contributed by atoms with Crippen molar-refractivity contribution < 1.29 is 9.47 Å². The van der Waals surface area contributed by atoms with Gasteiger partial charge in [-0.25, -0.2) is 0 Å². The molecule has 0 bridgehead atoms. The highest BCUT2D eigenvalue weighted by atomic mass is 32.1. The Labute approximate surface area is 176 Å². The van der Waals surface area contributed by atoms with E-state index in [0.717, 1.165) is 33.9 Å². The number of aryl methyl sites for hydroxylation is 2. The number of aromatic nitrogens is 2. The van der Waals surface area contributed by atoms with Crippen LogP contribution in [-0.4, -0.2) is 29.1 Å². The maximum absolute atomic E-state index is 5.51. The van der Waals surface area contributed by atoms with Crippen molar-refractivity contribution in [2.24, 2.45) is 0 Å². The van der Waals surface area contributed by atoms with Crippen LogP contribution in [0.4, 0.5) is 11.4 Å². The van der Waals surface area contributed by atoms with Crippen LogP contribution in [0.25, 0.3) is 0 Å². The molecule has 3 aromatic rings. The molecule has 3 rings (SSSR count). The maximum Gasteiger partial charge on any atom is 0.175 e. The highest BCUT2D eigenvalue weighted by Crippen LogP contribution is 2.28. The summed E-state index contributed by atoms with van der Waals surface area (Å²) in [6, 6.07) is 13.9. The monoisotopic (exact) mass is 410 g/mol. The summed E-state index contributed by atoms with van der Waals surface area (Å²) < 4.78 is 12.7. The fourth-order valence-electron chi connectivity index (χ4n) is 3.16. The van der Waals surface area contributed by atoms with Crippen LogP contribution < -0.4 is 20.1 Å². The van der Waals surface area contributed by atoms with E-state index in [9.17, 15) is 0 Å². The molecule has 152 valence electrons. The second kappa shape index (κ2) is 8.96. The van der Waals surface area contributed by atoms with Gasteiger partial charge in [-0.1, -0.05) is 24.3 Å².